The lowest BCUT2D eigenvalue weighted by Crippen LogP contribution is -2.38. The molecular weight excluding hydrogens is 320 g/mol. The van der Waals surface area contributed by atoms with Gasteiger partial charge >= 0.3 is 0 Å². The fourth-order valence-corrected chi connectivity index (χ4v) is 4.09. The van der Waals surface area contributed by atoms with Gasteiger partial charge in [-0.05, 0) is 25.0 Å². The number of hydrogen-bond acceptors (Lipinski definition) is 4. The van der Waals surface area contributed by atoms with Crippen molar-refractivity contribution < 1.29 is 4.79 Å². The second-order valence-corrected chi connectivity index (χ2v) is 7.10. The van der Waals surface area contributed by atoms with Crippen molar-refractivity contribution in [1.29, 1.82) is 0 Å². The first-order chi connectivity index (χ1) is 11.7. The van der Waals surface area contributed by atoms with E-state index in [1.165, 1.54) is 11.3 Å². The van der Waals surface area contributed by atoms with Crippen LogP contribution >= 0.6 is 11.3 Å². The monoisotopic (exact) mass is 340 g/mol. The molecule has 1 aromatic carbocycles. The van der Waals surface area contributed by atoms with Crippen molar-refractivity contribution in [2.24, 2.45) is 0 Å². The molecule has 1 aliphatic heterocycles. The van der Waals surface area contributed by atoms with Crippen molar-refractivity contribution in [2.75, 3.05) is 18.0 Å². The van der Waals surface area contributed by atoms with Crippen LogP contribution in [0.4, 0.5) is 5.69 Å². The van der Waals surface area contributed by atoms with Gasteiger partial charge in [0.1, 0.15) is 0 Å². The molecule has 0 aliphatic carbocycles. The molecule has 0 saturated carbocycles. The summed E-state index contributed by atoms with van der Waals surface area (Å²) in [6, 6.07) is 9.01. The summed E-state index contributed by atoms with van der Waals surface area (Å²) >= 11 is 1.58. The van der Waals surface area contributed by atoms with Gasteiger partial charge in [-0.25, -0.2) is 4.98 Å². The number of aromatic nitrogens is 2. The van der Waals surface area contributed by atoms with E-state index in [0.29, 0.717) is 19.0 Å². The van der Waals surface area contributed by atoms with Gasteiger partial charge in [-0.1, -0.05) is 18.2 Å². The molecule has 0 spiro atoms. The second kappa shape index (κ2) is 6.28. The zero-order chi connectivity index (χ0) is 16.5. The molecule has 124 valence electrons. The minimum Gasteiger partial charge on any atom is -0.367 e. The zero-order valence-corrected chi connectivity index (χ0v) is 14.4. The largest absolute Gasteiger partial charge is 0.367 e. The Hall–Kier alpha value is -2.34. The molecular formula is C18H20N4OS. The Morgan fingerprint density at radius 1 is 1.42 bits per heavy atom. The number of para-hydroxylation sites is 1. The van der Waals surface area contributed by atoms with Crippen molar-refractivity contribution in [3.63, 3.8) is 0 Å². The summed E-state index contributed by atoms with van der Waals surface area (Å²) in [6.07, 6.45) is 5.29. The Kier molecular flexibility index (Phi) is 3.98. The van der Waals surface area contributed by atoms with Gasteiger partial charge in [0.05, 0.1) is 12.1 Å². The standard InChI is InChI=1S/C18H20N4OS/c1-13-10-14-4-2-3-5-16(14)22(13)7-6-19-17(23)11-15-12-21-8-9-24-18(21)20-15/h2-5,8-9,12-13H,6-7,10-11H2,1H3,(H,19,23)/t13-/m0/s1. The molecule has 0 bridgehead atoms. The molecule has 1 aliphatic rings. The third kappa shape index (κ3) is 2.89. The summed E-state index contributed by atoms with van der Waals surface area (Å²) < 4.78 is 1.95. The van der Waals surface area contributed by atoms with Gasteiger partial charge in [0, 0.05) is 42.6 Å². The molecule has 1 atom stereocenters. The predicted octanol–water partition coefficient (Wildman–Crippen LogP) is 2.51. The Labute approximate surface area is 144 Å². The van der Waals surface area contributed by atoms with E-state index in [4.69, 9.17) is 0 Å². The summed E-state index contributed by atoms with van der Waals surface area (Å²) in [6.45, 7) is 3.72. The molecule has 5 nitrogen and oxygen atoms in total. The van der Waals surface area contributed by atoms with Crippen molar-refractivity contribution in [3.05, 3.63) is 53.3 Å². The molecule has 0 saturated heterocycles. The Morgan fingerprint density at radius 3 is 3.17 bits per heavy atom. The van der Waals surface area contributed by atoms with E-state index >= 15 is 0 Å². The maximum Gasteiger partial charge on any atom is 0.226 e. The highest BCUT2D eigenvalue weighted by Crippen LogP contribution is 2.31. The highest BCUT2D eigenvalue weighted by molar-refractivity contribution is 7.15. The van der Waals surface area contributed by atoms with Crippen molar-refractivity contribution in [3.8, 4) is 0 Å². The lowest BCUT2D eigenvalue weighted by molar-refractivity contribution is -0.120. The summed E-state index contributed by atoms with van der Waals surface area (Å²) in [5, 5.41) is 5.01. The normalized spacial score (nSPS) is 16.5. The number of nitrogens with one attached hydrogen (secondary N) is 1. The summed E-state index contributed by atoms with van der Waals surface area (Å²) in [7, 11) is 0. The average molecular weight is 340 g/mol. The van der Waals surface area contributed by atoms with Crippen LogP contribution in [0.2, 0.25) is 0 Å². The van der Waals surface area contributed by atoms with Gasteiger partial charge in [0.15, 0.2) is 4.96 Å². The number of benzene rings is 1. The van der Waals surface area contributed by atoms with Crippen LogP contribution in [0.3, 0.4) is 0 Å². The number of carbonyl (C=O) groups is 1. The zero-order valence-electron chi connectivity index (χ0n) is 13.6. The number of thiazole rings is 1. The number of nitrogens with zero attached hydrogens (tertiary/aromatic N) is 3. The highest BCUT2D eigenvalue weighted by Gasteiger charge is 2.24. The average Bonchev–Trinajstić information content (AvgIpc) is 3.21. The third-order valence-electron chi connectivity index (χ3n) is 4.51. The van der Waals surface area contributed by atoms with Gasteiger partial charge in [-0.3, -0.25) is 9.20 Å². The van der Waals surface area contributed by atoms with E-state index in [0.717, 1.165) is 23.6 Å². The molecule has 3 heterocycles. The molecule has 4 rings (SSSR count). The number of fused-ring (bicyclic) bond motifs is 2. The number of imidazole rings is 1. The summed E-state index contributed by atoms with van der Waals surface area (Å²) in [5.41, 5.74) is 3.52. The fourth-order valence-electron chi connectivity index (χ4n) is 3.37. The van der Waals surface area contributed by atoms with Gasteiger partial charge < -0.3 is 10.2 Å². The molecule has 1 N–H and O–H groups in total. The Bertz CT molecular complexity index is 840. The number of rotatable bonds is 5. The highest BCUT2D eigenvalue weighted by atomic mass is 32.1. The third-order valence-corrected chi connectivity index (χ3v) is 5.28. The van der Waals surface area contributed by atoms with Crippen LogP contribution in [0.25, 0.3) is 4.96 Å². The van der Waals surface area contributed by atoms with Crippen LogP contribution in [0.5, 0.6) is 0 Å². The molecule has 3 aromatic rings. The molecule has 24 heavy (non-hydrogen) atoms. The van der Waals surface area contributed by atoms with E-state index in [9.17, 15) is 4.79 Å². The minimum absolute atomic E-state index is 0.0286. The number of anilines is 1. The lowest BCUT2D eigenvalue weighted by atomic mass is 10.1. The number of hydrogen-bond donors (Lipinski definition) is 1. The van der Waals surface area contributed by atoms with Crippen LogP contribution in [0, 0.1) is 0 Å². The first-order valence-electron chi connectivity index (χ1n) is 8.23. The first-order valence-corrected chi connectivity index (χ1v) is 9.11. The van der Waals surface area contributed by atoms with Crippen LogP contribution in [-0.4, -0.2) is 34.4 Å². The molecule has 1 amide bonds. The van der Waals surface area contributed by atoms with Crippen LogP contribution in [-0.2, 0) is 17.6 Å². The summed E-state index contributed by atoms with van der Waals surface area (Å²) in [4.78, 5) is 19.9. The van der Waals surface area contributed by atoms with Gasteiger partial charge in [-0.15, -0.1) is 11.3 Å². The maximum atomic E-state index is 12.1. The van der Waals surface area contributed by atoms with Crippen LogP contribution in [0.1, 0.15) is 18.2 Å². The topological polar surface area (TPSA) is 49.6 Å². The fraction of sp³-hybridized carbons (Fsp3) is 0.333. The van der Waals surface area contributed by atoms with Gasteiger partial charge in [0.25, 0.3) is 0 Å². The van der Waals surface area contributed by atoms with E-state index < -0.39 is 0 Å². The van der Waals surface area contributed by atoms with E-state index in [2.05, 4.69) is 46.4 Å². The van der Waals surface area contributed by atoms with Crippen molar-refractivity contribution in [2.45, 2.75) is 25.8 Å². The minimum atomic E-state index is 0.0286. The van der Waals surface area contributed by atoms with E-state index in [-0.39, 0.29) is 5.91 Å². The second-order valence-electron chi connectivity index (χ2n) is 6.23. The quantitative estimate of drug-likeness (QED) is 0.776. The Morgan fingerprint density at radius 2 is 2.29 bits per heavy atom. The van der Waals surface area contributed by atoms with Crippen molar-refractivity contribution >= 4 is 27.9 Å². The number of carbonyl (C=O) groups excluding carboxylic acids is 1. The molecule has 0 radical (unpaired) electrons. The molecule has 6 heteroatoms. The molecule has 2 aromatic heterocycles. The van der Waals surface area contributed by atoms with Crippen molar-refractivity contribution in [1.82, 2.24) is 14.7 Å². The van der Waals surface area contributed by atoms with E-state index in [1.54, 1.807) is 11.3 Å². The summed E-state index contributed by atoms with van der Waals surface area (Å²) in [5.74, 6) is 0.0286. The van der Waals surface area contributed by atoms with Gasteiger partial charge in [0.2, 0.25) is 5.91 Å². The van der Waals surface area contributed by atoms with Crippen LogP contribution in [0.15, 0.2) is 42.0 Å². The van der Waals surface area contributed by atoms with Crippen LogP contribution < -0.4 is 10.2 Å². The van der Waals surface area contributed by atoms with Gasteiger partial charge in [-0.2, -0.15) is 0 Å². The Balaban J connectivity index is 1.31. The predicted molar refractivity (Wildman–Crippen MR) is 96.7 cm³/mol. The lowest BCUT2D eigenvalue weighted by Gasteiger charge is -2.25. The SMILES string of the molecule is C[C@H]1Cc2ccccc2N1CCNC(=O)Cc1cn2ccsc2n1. The smallest absolute Gasteiger partial charge is 0.226 e. The molecule has 0 unspecified atom stereocenters. The first kappa shape index (κ1) is 15.2. The molecule has 0 fully saturated rings. The number of amides is 1. The van der Waals surface area contributed by atoms with E-state index in [1.807, 2.05) is 22.2 Å². The maximum absolute atomic E-state index is 12.1.